The minimum absolute atomic E-state index is 0.382. The summed E-state index contributed by atoms with van der Waals surface area (Å²) in [5, 5.41) is 10.7. The average Bonchev–Trinajstić information content (AvgIpc) is 2.96. The molecule has 0 fully saturated rings. The molecule has 0 aliphatic heterocycles. The molecular weight excluding hydrogens is 346 g/mol. The van der Waals surface area contributed by atoms with Crippen LogP contribution < -0.4 is 11.1 Å². The number of fused-ring (bicyclic) bond motifs is 3. The van der Waals surface area contributed by atoms with Crippen molar-refractivity contribution in [2.45, 2.75) is 20.4 Å². The number of nitrogens with one attached hydrogen (secondary N) is 1. The Hall–Kier alpha value is -3.61. The third-order valence-electron chi connectivity index (χ3n) is 4.77. The van der Waals surface area contributed by atoms with Crippen molar-refractivity contribution in [3.63, 3.8) is 0 Å². The maximum Gasteiger partial charge on any atom is 0.323 e. The molecule has 2 heterocycles. The molecule has 2 N–H and O–H groups in total. The summed E-state index contributed by atoms with van der Waals surface area (Å²) in [6.07, 6.45) is 0. The number of rotatable bonds is 3. The number of hydrogen-bond acceptors (Lipinski definition) is 3. The van der Waals surface area contributed by atoms with Gasteiger partial charge in [0.2, 0.25) is 0 Å². The van der Waals surface area contributed by atoms with Gasteiger partial charge >= 0.3 is 17.1 Å². The number of carboxylic acids is 1. The molecule has 0 aliphatic carbocycles. The number of benzene rings is 2. The molecule has 0 saturated heterocycles. The Balaban J connectivity index is 2.10. The van der Waals surface area contributed by atoms with E-state index in [0.717, 1.165) is 32.4 Å². The number of hydrogen-bond donors (Lipinski definition) is 2. The summed E-state index contributed by atoms with van der Waals surface area (Å²) in [6.45, 7) is 3.44. The van der Waals surface area contributed by atoms with Crippen LogP contribution in [0.5, 0.6) is 0 Å². The Labute approximate surface area is 153 Å². The molecule has 0 unspecified atom stereocenters. The van der Waals surface area contributed by atoms with Crippen LogP contribution in [0.4, 0.5) is 0 Å². The Bertz CT molecular complexity index is 1320. The lowest BCUT2D eigenvalue weighted by atomic mass is 10.1. The van der Waals surface area contributed by atoms with E-state index in [-0.39, 0.29) is 0 Å². The number of aromatic amines is 1. The fourth-order valence-electron chi connectivity index (χ4n) is 3.56. The van der Waals surface area contributed by atoms with Gasteiger partial charge in [0.15, 0.2) is 0 Å². The number of aryl methyl sites for hydroxylation is 2. The number of aliphatic carboxylic acids is 1. The predicted molar refractivity (Wildman–Crippen MR) is 103 cm³/mol. The van der Waals surface area contributed by atoms with E-state index in [1.54, 1.807) is 6.07 Å². The van der Waals surface area contributed by atoms with Crippen molar-refractivity contribution >= 4 is 27.8 Å². The predicted octanol–water partition coefficient (Wildman–Crippen LogP) is 2.34. The highest BCUT2D eigenvalue weighted by molar-refractivity contribution is 6.04. The zero-order valence-electron chi connectivity index (χ0n) is 14.8. The smallest absolute Gasteiger partial charge is 0.323 e. The van der Waals surface area contributed by atoms with Gasteiger partial charge < -0.3 is 14.7 Å². The topological polar surface area (TPSA) is 97.1 Å². The summed E-state index contributed by atoms with van der Waals surface area (Å²) in [5.74, 6) is -1.18. The fourth-order valence-corrected chi connectivity index (χ4v) is 3.56. The number of carbonyl (C=O) groups is 1. The molecule has 136 valence electrons. The van der Waals surface area contributed by atoms with Gasteiger partial charge in [0, 0.05) is 22.5 Å². The Morgan fingerprint density at radius 1 is 1.04 bits per heavy atom. The summed E-state index contributed by atoms with van der Waals surface area (Å²) in [4.78, 5) is 38.0. The molecule has 0 spiro atoms. The zero-order chi connectivity index (χ0) is 19.3. The minimum atomic E-state index is -1.18. The second-order valence-corrected chi connectivity index (χ2v) is 6.56. The van der Waals surface area contributed by atoms with Crippen molar-refractivity contribution < 1.29 is 9.90 Å². The van der Waals surface area contributed by atoms with Crippen LogP contribution in [-0.4, -0.2) is 25.2 Å². The van der Waals surface area contributed by atoms with E-state index in [2.05, 4.69) is 9.55 Å². The standard InChI is InChI=1S/C20H17N3O4/c1-11-3-4-12(2)23(11)14-7-5-13-6-8-16-18(15(13)9-14)21-19(26)20(27)22(16)10-17(24)25/h3-9H,10H2,1-2H3,(H,21,26)(H,24,25). The average molecular weight is 363 g/mol. The van der Waals surface area contributed by atoms with Crippen LogP contribution in [-0.2, 0) is 11.3 Å². The maximum atomic E-state index is 12.1. The molecule has 7 heteroatoms. The van der Waals surface area contributed by atoms with Gasteiger partial charge in [-0.05, 0) is 49.6 Å². The minimum Gasteiger partial charge on any atom is -0.480 e. The zero-order valence-corrected chi connectivity index (χ0v) is 14.8. The van der Waals surface area contributed by atoms with E-state index in [1.165, 1.54) is 0 Å². The first kappa shape index (κ1) is 16.8. The normalized spacial score (nSPS) is 11.3. The molecular formula is C20H17N3O4. The molecule has 0 atom stereocenters. The quantitative estimate of drug-likeness (QED) is 0.431. The van der Waals surface area contributed by atoms with E-state index < -0.39 is 23.6 Å². The Morgan fingerprint density at radius 2 is 1.70 bits per heavy atom. The lowest BCUT2D eigenvalue weighted by Crippen LogP contribution is -2.37. The van der Waals surface area contributed by atoms with Crippen LogP contribution in [0.3, 0.4) is 0 Å². The molecule has 0 radical (unpaired) electrons. The van der Waals surface area contributed by atoms with Gasteiger partial charge in [0.05, 0.1) is 11.0 Å². The third-order valence-corrected chi connectivity index (χ3v) is 4.77. The third kappa shape index (κ3) is 2.64. The highest BCUT2D eigenvalue weighted by Crippen LogP contribution is 2.26. The number of nitrogens with zero attached hydrogens (tertiary/aromatic N) is 2. The SMILES string of the molecule is Cc1ccc(C)n1-c1ccc2ccc3c([nH]c(=O)c(=O)n3CC(=O)O)c2c1. The fraction of sp³-hybridized carbons (Fsp3) is 0.150. The summed E-state index contributed by atoms with van der Waals surface area (Å²) in [7, 11) is 0. The van der Waals surface area contributed by atoms with Crippen molar-refractivity contribution in [2.24, 2.45) is 0 Å². The lowest BCUT2D eigenvalue weighted by molar-refractivity contribution is -0.137. The Morgan fingerprint density at radius 3 is 2.37 bits per heavy atom. The lowest BCUT2D eigenvalue weighted by Gasteiger charge is -2.13. The summed E-state index contributed by atoms with van der Waals surface area (Å²) in [5.41, 5.74) is 2.18. The van der Waals surface area contributed by atoms with Gasteiger partial charge in [0.1, 0.15) is 6.54 Å². The van der Waals surface area contributed by atoms with Crippen molar-refractivity contribution in [1.29, 1.82) is 0 Å². The van der Waals surface area contributed by atoms with Gasteiger partial charge in [-0.3, -0.25) is 19.0 Å². The van der Waals surface area contributed by atoms with Crippen molar-refractivity contribution in [2.75, 3.05) is 0 Å². The van der Waals surface area contributed by atoms with Crippen molar-refractivity contribution in [3.8, 4) is 5.69 Å². The molecule has 0 bridgehead atoms. The first-order chi connectivity index (χ1) is 12.9. The largest absolute Gasteiger partial charge is 0.480 e. The summed E-state index contributed by atoms with van der Waals surface area (Å²) in [6, 6.07) is 13.4. The Kier molecular flexibility index (Phi) is 3.73. The van der Waals surface area contributed by atoms with Crippen LogP contribution in [0.2, 0.25) is 0 Å². The first-order valence-corrected chi connectivity index (χ1v) is 8.43. The van der Waals surface area contributed by atoms with E-state index in [1.807, 2.05) is 50.2 Å². The number of carboxylic acid groups (broad SMARTS) is 1. The van der Waals surface area contributed by atoms with Gasteiger partial charge in [-0.15, -0.1) is 0 Å². The van der Waals surface area contributed by atoms with Crippen LogP contribution in [0.15, 0.2) is 52.1 Å². The van der Waals surface area contributed by atoms with E-state index in [9.17, 15) is 14.4 Å². The molecule has 4 rings (SSSR count). The number of aromatic nitrogens is 3. The van der Waals surface area contributed by atoms with Crippen molar-refractivity contribution in [3.05, 3.63) is 74.6 Å². The van der Waals surface area contributed by atoms with E-state index in [4.69, 9.17) is 5.11 Å². The summed E-state index contributed by atoms with van der Waals surface area (Å²) >= 11 is 0. The van der Waals surface area contributed by atoms with Crippen LogP contribution in [0.25, 0.3) is 27.5 Å². The molecule has 2 aromatic heterocycles. The summed E-state index contributed by atoms with van der Waals surface area (Å²) < 4.78 is 3.08. The molecule has 27 heavy (non-hydrogen) atoms. The van der Waals surface area contributed by atoms with Crippen molar-refractivity contribution in [1.82, 2.24) is 14.1 Å². The van der Waals surface area contributed by atoms with E-state index in [0.29, 0.717) is 11.0 Å². The van der Waals surface area contributed by atoms with Crippen LogP contribution in [0.1, 0.15) is 11.4 Å². The molecule has 2 aromatic carbocycles. The highest BCUT2D eigenvalue weighted by atomic mass is 16.4. The van der Waals surface area contributed by atoms with Gasteiger partial charge in [-0.2, -0.15) is 0 Å². The molecule has 0 saturated carbocycles. The molecule has 4 aromatic rings. The second kappa shape index (κ2) is 5.98. The maximum absolute atomic E-state index is 12.1. The van der Waals surface area contributed by atoms with Gasteiger partial charge in [-0.25, -0.2) is 0 Å². The molecule has 0 amide bonds. The van der Waals surface area contributed by atoms with E-state index >= 15 is 0 Å². The van der Waals surface area contributed by atoms with Crippen LogP contribution in [0, 0.1) is 13.8 Å². The monoisotopic (exact) mass is 363 g/mol. The van der Waals surface area contributed by atoms with Gasteiger partial charge in [-0.1, -0.05) is 12.1 Å². The molecule has 0 aliphatic rings. The molecule has 7 nitrogen and oxygen atoms in total. The first-order valence-electron chi connectivity index (χ1n) is 8.43. The number of H-pyrrole nitrogens is 1. The second-order valence-electron chi connectivity index (χ2n) is 6.56. The highest BCUT2D eigenvalue weighted by Gasteiger charge is 2.13. The van der Waals surface area contributed by atoms with Gasteiger partial charge in [0.25, 0.3) is 0 Å². The van der Waals surface area contributed by atoms with Crippen LogP contribution >= 0.6 is 0 Å².